The number of hydrogen-bond donors (Lipinski definition) is 1. The molecule has 3 atom stereocenters. The van der Waals surface area contributed by atoms with Gasteiger partial charge in [0.25, 0.3) is 0 Å². The number of ether oxygens (including phenoxy) is 1. The average Bonchev–Trinajstić information content (AvgIpc) is 2.18. The molecular formula is C16H33NO3S. The van der Waals surface area contributed by atoms with E-state index in [2.05, 4.69) is 20.8 Å². The second-order valence-electron chi connectivity index (χ2n) is 8.76. The van der Waals surface area contributed by atoms with Crippen LogP contribution in [-0.4, -0.2) is 26.9 Å². The summed E-state index contributed by atoms with van der Waals surface area (Å²) in [5, 5.41) is 5.22. The molecule has 21 heavy (non-hydrogen) atoms. The summed E-state index contributed by atoms with van der Waals surface area (Å²) >= 11 is 0. The third-order valence-corrected chi connectivity index (χ3v) is 5.40. The van der Waals surface area contributed by atoms with E-state index in [9.17, 15) is 8.42 Å². The van der Waals surface area contributed by atoms with Crippen molar-refractivity contribution >= 4 is 10.0 Å². The van der Waals surface area contributed by atoms with Gasteiger partial charge in [0, 0.05) is 5.92 Å². The molecule has 1 fully saturated rings. The van der Waals surface area contributed by atoms with Gasteiger partial charge in [0.1, 0.15) is 0 Å². The first-order valence-corrected chi connectivity index (χ1v) is 9.62. The third kappa shape index (κ3) is 7.11. The molecule has 1 aliphatic carbocycles. The lowest BCUT2D eigenvalue weighted by atomic mass is 9.71. The minimum atomic E-state index is -3.47. The molecule has 0 aliphatic heterocycles. The zero-order valence-corrected chi connectivity index (χ0v) is 15.3. The second kappa shape index (κ2) is 6.55. The van der Waals surface area contributed by atoms with Gasteiger partial charge in [-0.05, 0) is 36.0 Å². The molecule has 0 aromatic rings. The Morgan fingerprint density at radius 1 is 1.29 bits per heavy atom. The maximum absolute atomic E-state index is 11.4. The van der Waals surface area contributed by atoms with Crippen LogP contribution in [0.1, 0.15) is 60.8 Å². The first-order valence-electron chi connectivity index (χ1n) is 7.90. The van der Waals surface area contributed by atoms with Crippen LogP contribution in [0.3, 0.4) is 0 Å². The summed E-state index contributed by atoms with van der Waals surface area (Å²) in [6.45, 7) is 13.4. The SMILES string of the molecule is CC1CC(OCC(CS(N)(=O)=O)C(C)(C)C)CC(C)(C)C1. The Bertz CT molecular complexity index is 437. The van der Waals surface area contributed by atoms with Crippen LogP contribution in [0, 0.1) is 22.7 Å². The Balaban J connectivity index is 2.65. The maximum Gasteiger partial charge on any atom is 0.209 e. The summed E-state index contributed by atoms with van der Waals surface area (Å²) in [5.41, 5.74) is 0.168. The number of rotatable bonds is 5. The minimum absolute atomic E-state index is 0.0117. The maximum atomic E-state index is 11.4. The summed E-state index contributed by atoms with van der Waals surface area (Å²) in [6.07, 6.45) is 3.57. The van der Waals surface area contributed by atoms with Gasteiger partial charge in [-0.25, -0.2) is 13.6 Å². The van der Waals surface area contributed by atoms with E-state index in [0.717, 1.165) is 12.8 Å². The van der Waals surface area contributed by atoms with Crippen LogP contribution in [0.15, 0.2) is 0 Å². The van der Waals surface area contributed by atoms with E-state index in [-0.39, 0.29) is 23.2 Å². The normalized spacial score (nSPS) is 28.3. The summed E-state index contributed by atoms with van der Waals surface area (Å²) in [5.74, 6) is 0.570. The fourth-order valence-corrected chi connectivity index (χ4v) is 4.62. The molecule has 4 nitrogen and oxygen atoms in total. The molecule has 5 heteroatoms. The Hall–Kier alpha value is -0.130. The topological polar surface area (TPSA) is 69.4 Å². The predicted molar refractivity (Wildman–Crippen MR) is 87.5 cm³/mol. The molecule has 0 heterocycles. The first kappa shape index (κ1) is 18.9. The molecule has 0 bridgehead atoms. The van der Waals surface area contributed by atoms with Gasteiger partial charge in [-0.15, -0.1) is 0 Å². The Kier molecular flexibility index (Phi) is 5.90. The van der Waals surface area contributed by atoms with E-state index < -0.39 is 10.0 Å². The predicted octanol–water partition coefficient (Wildman–Crippen LogP) is 3.17. The highest BCUT2D eigenvalue weighted by Crippen LogP contribution is 2.40. The van der Waals surface area contributed by atoms with Crippen molar-refractivity contribution in [3.8, 4) is 0 Å². The van der Waals surface area contributed by atoms with E-state index in [1.54, 1.807) is 0 Å². The highest BCUT2D eigenvalue weighted by atomic mass is 32.2. The Morgan fingerprint density at radius 2 is 1.86 bits per heavy atom. The van der Waals surface area contributed by atoms with Gasteiger partial charge in [-0.1, -0.05) is 41.5 Å². The Morgan fingerprint density at radius 3 is 2.29 bits per heavy atom. The average molecular weight is 320 g/mol. The minimum Gasteiger partial charge on any atom is -0.378 e. The van der Waals surface area contributed by atoms with E-state index in [1.807, 2.05) is 20.8 Å². The highest BCUT2D eigenvalue weighted by molar-refractivity contribution is 7.89. The molecule has 0 amide bonds. The highest BCUT2D eigenvalue weighted by Gasteiger charge is 2.34. The number of primary sulfonamides is 1. The van der Waals surface area contributed by atoms with E-state index in [4.69, 9.17) is 9.88 Å². The summed E-state index contributed by atoms with van der Waals surface area (Å²) in [4.78, 5) is 0. The summed E-state index contributed by atoms with van der Waals surface area (Å²) in [6, 6.07) is 0. The summed E-state index contributed by atoms with van der Waals surface area (Å²) in [7, 11) is -3.47. The summed E-state index contributed by atoms with van der Waals surface area (Å²) < 4.78 is 28.9. The Labute approximate surface area is 130 Å². The zero-order chi connectivity index (χ0) is 16.5. The van der Waals surface area contributed by atoms with E-state index >= 15 is 0 Å². The lowest BCUT2D eigenvalue weighted by molar-refractivity contribution is -0.0464. The van der Waals surface area contributed by atoms with Crippen molar-refractivity contribution in [2.75, 3.05) is 12.4 Å². The molecule has 3 unspecified atom stereocenters. The smallest absolute Gasteiger partial charge is 0.209 e. The molecule has 0 radical (unpaired) electrons. The molecule has 0 saturated heterocycles. The lowest BCUT2D eigenvalue weighted by Gasteiger charge is -2.40. The second-order valence-corrected chi connectivity index (χ2v) is 10.4. The van der Waals surface area contributed by atoms with Crippen molar-refractivity contribution in [1.29, 1.82) is 0 Å². The van der Waals surface area contributed by atoms with Gasteiger partial charge in [0.2, 0.25) is 10.0 Å². The third-order valence-electron chi connectivity index (χ3n) is 4.54. The number of nitrogens with two attached hydrogens (primary N) is 1. The van der Waals surface area contributed by atoms with Crippen LogP contribution in [0.25, 0.3) is 0 Å². The van der Waals surface area contributed by atoms with Gasteiger partial charge in [-0.3, -0.25) is 0 Å². The fraction of sp³-hybridized carbons (Fsp3) is 1.00. The molecule has 0 aromatic carbocycles. The first-order chi connectivity index (χ1) is 9.28. The van der Waals surface area contributed by atoms with Crippen LogP contribution in [0.5, 0.6) is 0 Å². The van der Waals surface area contributed by atoms with Crippen molar-refractivity contribution in [2.24, 2.45) is 27.8 Å². The lowest BCUT2D eigenvalue weighted by Crippen LogP contribution is -2.38. The van der Waals surface area contributed by atoms with Crippen molar-refractivity contribution in [3.63, 3.8) is 0 Å². The fourth-order valence-electron chi connectivity index (χ4n) is 3.47. The van der Waals surface area contributed by atoms with Gasteiger partial charge < -0.3 is 4.74 Å². The van der Waals surface area contributed by atoms with Crippen molar-refractivity contribution in [1.82, 2.24) is 0 Å². The molecule has 1 saturated carbocycles. The van der Waals surface area contributed by atoms with Gasteiger partial charge in [-0.2, -0.15) is 0 Å². The molecule has 1 rings (SSSR count). The van der Waals surface area contributed by atoms with E-state index in [0.29, 0.717) is 17.9 Å². The molecular weight excluding hydrogens is 286 g/mol. The van der Waals surface area contributed by atoms with Crippen molar-refractivity contribution in [2.45, 2.75) is 66.9 Å². The monoisotopic (exact) mass is 319 g/mol. The molecule has 126 valence electrons. The van der Waals surface area contributed by atoms with Crippen LogP contribution < -0.4 is 5.14 Å². The molecule has 2 N–H and O–H groups in total. The van der Waals surface area contributed by atoms with Crippen molar-refractivity contribution in [3.05, 3.63) is 0 Å². The molecule has 1 aliphatic rings. The zero-order valence-electron chi connectivity index (χ0n) is 14.5. The quantitative estimate of drug-likeness (QED) is 0.846. The number of hydrogen-bond acceptors (Lipinski definition) is 3. The van der Waals surface area contributed by atoms with E-state index in [1.165, 1.54) is 6.42 Å². The molecule has 0 spiro atoms. The van der Waals surface area contributed by atoms with Crippen LogP contribution in [0.2, 0.25) is 0 Å². The van der Waals surface area contributed by atoms with Crippen LogP contribution in [-0.2, 0) is 14.8 Å². The van der Waals surface area contributed by atoms with Crippen molar-refractivity contribution < 1.29 is 13.2 Å². The van der Waals surface area contributed by atoms with Gasteiger partial charge in [0.05, 0.1) is 18.5 Å². The standard InChI is InChI=1S/C16H33NO3S/c1-12-7-14(9-16(5,6)8-12)20-10-13(15(2,3)4)11-21(17,18)19/h12-14H,7-11H2,1-6H3,(H2,17,18,19). The van der Waals surface area contributed by atoms with Gasteiger partial charge in [0.15, 0.2) is 0 Å². The van der Waals surface area contributed by atoms with Crippen LogP contribution in [0.4, 0.5) is 0 Å². The van der Waals surface area contributed by atoms with Crippen LogP contribution >= 0.6 is 0 Å². The molecule has 0 aromatic heterocycles. The number of sulfonamides is 1. The largest absolute Gasteiger partial charge is 0.378 e. The van der Waals surface area contributed by atoms with Gasteiger partial charge >= 0.3 is 0 Å².